The summed E-state index contributed by atoms with van der Waals surface area (Å²) in [7, 11) is -17.8. The molecule has 2 heterocycles. The highest BCUT2D eigenvalue weighted by Gasteiger charge is 2.61. The number of rotatable bonds is 8. The second kappa shape index (κ2) is 8.90. The normalized spacial score (nSPS) is 30.2. The van der Waals surface area contributed by atoms with Gasteiger partial charge < -0.3 is 29.4 Å². The summed E-state index contributed by atoms with van der Waals surface area (Å²) in [6.07, 6.45) is -6.65. The predicted molar refractivity (Wildman–Crippen MR) is 93.7 cm³/mol. The number of nitrogens with one attached hydrogen (secondary N) is 1. The molecule has 174 valence electrons. The Balaban J connectivity index is 2.41. The quantitative estimate of drug-likeness (QED) is 0.0877. The van der Waals surface area contributed by atoms with Gasteiger partial charge in [-0.05, 0) is 16.7 Å². The van der Waals surface area contributed by atoms with E-state index in [4.69, 9.17) is 24.9 Å². The molecule has 1 fully saturated rings. The van der Waals surface area contributed by atoms with Crippen molar-refractivity contribution in [2.24, 2.45) is 5.11 Å². The second-order valence-corrected chi connectivity index (χ2v) is 10.2. The van der Waals surface area contributed by atoms with E-state index in [1.165, 1.54) is 0 Å². The summed E-state index contributed by atoms with van der Waals surface area (Å²) < 4.78 is 65.0. The topological polar surface area (TPSA) is 276 Å². The number of hydrogen-bond donors (Lipinski definition) is 6. The van der Waals surface area contributed by atoms with E-state index >= 15 is 0 Å². The van der Waals surface area contributed by atoms with Crippen LogP contribution in [0, 0.1) is 4.64 Å². The Morgan fingerprint density at radius 3 is 2.42 bits per heavy atom. The van der Waals surface area contributed by atoms with Crippen LogP contribution in [0.25, 0.3) is 10.4 Å². The Hall–Kier alpha value is -1.33. The van der Waals surface area contributed by atoms with Gasteiger partial charge in [0.25, 0.3) is 5.91 Å². The largest absolute Gasteiger partial charge is 0.490 e. The zero-order valence-electron chi connectivity index (χ0n) is 14.3. The first-order chi connectivity index (χ1) is 14.0. The molecule has 1 aromatic rings. The van der Waals surface area contributed by atoms with Gasteiger partial charge in [0.2, 0.25) is 0 Å². The number of phosphoric ester groups is 1. The zero-order valence-corrected chi connectivity index (χ0v) is 17.8. The summed E-state index contributed by atoms with van der Waals surface area (Å²) >= 11 is 4.68. The highest BCUT2D eigenvalue weighted by atomic mass is 32.1. The van der Waals surface area contributed by atoms with E-state index in [1.807, 2.05) is 0 Å². The molecule has 31 heavy (non-hydrogen) atoms. The van der Waals surface area contributed by atoms with E-state index in [9.17, 15) is 32.9 Å². The lowest BCUT2D eigenvalue weighted by Crippen LogP contribution is -2.42. The number of azide groups is 1. The van der Waals surface area contributed by atoms with Crippen molar-refractivity contribution in [1.29, 1.82) is 0 Å². The van der Waals surface area contributed by atoms with Gasteiger partial charge in [0.05, 0.1) is 0 Å². The van der Waals surface area contributed by atoms with Crippen molar-refractivity contribution in [3.63, 3.8) is 0 Å². The SMILES string of the molecule is [N-]=[N+]=N[C@]1(OP(=O)(O)OP(=O)(O)OP(=O)(O)O)O[C@@H](n2ccc(=S)[nH]c2=O)C(F)[C@H]1O. The lowest BCUT2D eigenvalue weighted by Gasteiger charge is -2.28. The van der Waals surface area contributed by atoms with Gasteiger partial charge in [0.15, 0.2) is 18.5 Å². The molecule has 1 aliphatic rings. The number of aromatic nitrogens is 2. The first kappa shape index (κ1) is 25.9. The highest BCUT2D eigenvalue weighted by Crippen LogP contribution is 2.68. The number of phosphoric acid groups is 3. The van der Waals surface area contributed by atoms with E-state index in [0.717, 1.165) is 12.3 Å². The smallest absolute Gasteiger partial charge is 0.384 e. The number of H-pyrrole nitrogens is 1. The monoisotopic (exact) mass is 529 g/mol. The molecule has 0 aromatic carbocycles. The van der Waals surface area contributed by atoms with Crippen LogP contribution in [0.3, 0.4) is 0 Å². The van der Waals surface area contributed by atoms with Crippen LogP contribution in [-0.2, 0) is 31.6 Å². The van der Waals surface area contributed by atoms with Crippen LogP contribution in [-0.4, -0.2) is 52.4 Å². The minimum absolute atomic E-state index is 0.0789. The average Bonchev–Trinajstić information content (AvgIpc) is 2.76. The van der Waals surface area contributed by atoms with Crippen molar-refractivity contribution in [3.05, 3.63) is 37.8 Å². The molecule has 0 aliphatic carbocycles. The lowest BCUT2D eigenvalue weighted by atomic mass is 10.2. The van der Waals surface area contributed by atoms with E-state index in [2.05, 4.69) is 40.4 Å². The maximum atomic E-state index is 14.6. The van der Waals surface area contributed by atoms with Crippen LogP contribution in [0.4, 0.5) is 4.39 Å². The number of hydrogen-bond acceptors (Lipinski definition) is 11. The van der Waals surface area contributed by atoms with Crippen LogP contribution >= 0.6 is 35.7 Å². The molecule has 0 amide bonds. The molecule has 6 atom stereocenters. The van der Waals surface area contributed by atoms with Gasteiger partial charge in [0, 0.05) is 11.1 Å². The summed E-state index contributed by atoms with van der Waals surface area (Å²) in [5, 5.41) is 12.8. The first-order valence-electron chi connectivity index (χ1n) is 7.23. The Morgan fingerprint density at radius 1 is 1.29 bits per heavy atom. The third kappa shape index (κ3) is 6.35. The summed E-state index contributed by atoms with van der Waals surface area (Å²) in [6, 6.07) is 1.09. The molecule has 0 saturated carbocycles. The molecule has 0 radical (unpaired) electrons. The van der Waals surface area contributed by atoms with Crippen molar-refractivity contribution in [1.82, 2.24) is 9.55 Å². The fourth-order valence-electron chi connectivity index (χ4n) is 2.20. The van der Waals surface area contributed by atoms with Gasteiger partial charge in [0.1, 0.15) is 4.64 Å². The zero-order chi connectivity index (χ0) is 23.8. The molecule has 1 aliphatic heterocycles. The summed E-state index contributed by atoms with van der Waals surface area (Å²) in [4.78, 5) is 51.9. The standard InChI is InChI=1S/C8H11FN5O13P3S/c9-4-5(15)8(12-13-10,24-6(4)14-2-1-3(31)11-7(14)16)25-29(20,21)27-30(22,23)26-28(17,18)19/h1-2,4-6,15H,(H,20,21)(H,22,23)(H,11,16,31)(H2,17,18,19)/t4?,5-,6-,8+/m1/s1. The Labute approximate surface area is 173 Å². The van der Waals surface area contributed by atoms with E-state index < -0.39 is 53.6 Å². The van der Waals surface area contributed by atoms with Crippen molar-refractivity contribution >= 4 is 35.7 Å². The Kier molecular flexibility index (Phi) is 7.44. The highest BCUT2D eigenvalue weighted by molar-refractivity contribution is 7.71. The van der Waals surface area contributed by atoms with Gasteiger partial charge >= 0.3 is 29.2 Å². The van der Waals surface area contributed by atoms with Gasteiger partial charge in [-0.3, -0.25) is 9.55 Å². The first-order valence-corrected chi connectivity index (χ1v) is 12.2. The Morgan fingerprint density at radius 2 is 1.90 bits per heavy atom. The summed E-state index contributed by atoms with van der Waals surface area (Å²) in [5.41, 5.74) is 7.58. The lowest BCUT2D eigenvalue weighted by molar-refractivity contribution is -0.222. The summed E-state index contributed by atoms with van der Waals surface area (Å²) in [5.74, 6) is -3.46. The maximum Gasteiger partial charge on any atom is 0.490 e. The molecular weight excluding hydrogens is 518 g/mol. The van der Waals surface area contributed by atoms with Crippen LogP contribution in [0.15, 0.2) is 22.2 Å². The molecule has 3 unspecified atom stereocenters. The molecule has 2 rings (SSSR count). The van der Waals surface area contributed by atoms with Gasteiger partial charge in [-0.2, -0.15) is 8.62 Å². The summed E-state index contributed by atoms with van der Waals surface area (Å²) in [6.45, 7) is 0. The molecule has 0 spiro atoms. The number of aromatic amines is 1. The molecule has 18 nitrogen and oxygen atoms in total. The number of ether oxygens (including phenoxy) is 1. The average molecular weight is 529 g/mol. The van der Waals surface area contributed by atoms with Crippen LogP contribution < -0.4 is 5.69 Å². The van der Waals surface area contributed by atoms with Gasteiger partial charge in [-0.25, -0.2) is 27.4 Å². The molecular formula is C8H11FN5O13P3S. The van der Waals surface area contributed by atoms with Crippen LogP contribution in [0.1, 0.15) is 6.23 Å². The number of aliphatic hydroxyl groups is 1. The molecule has 0 bridgehead atoms. The van der Waals surface area contributed by atoms with Crippen molar-refractivity contribution < 1.29 is 60.6 Å². The minimum Gasteiger partial charge on any atom is -0.384 e. The molecule has 1 aromatic heterocycles. The third-order valence-electron chi connectivity index (χ3n) is 3.21. The van der Waals surface area contributed by atoms with Crippen LogP contribution in [0.5, 0.6) is 0 Å². The van der Waals surface area contributed by atoms with E-state index in [-0.39, 0.29) is 4.64 Å². The van der Waals surface area contributed by atoms with E-state index in [0.29, 0.717) is 4.57 Å². The number of aliphatic hydroxyl groups excluding tert-OH is 1. The second-order valence-electron chi connectivity index (χ2n) is 5.42. The minimum atomic E-state index is -6.06. The third-order valence-corrected chi connectivity index (χ3v) is 7.27. The Bertz CT molecular complexity index is 1160. The predicted octanol–water partition coefficient (Wildman–Crippen LogP) is 0.441. The fraction of sp³-hybridized carbons (Fsp3) is 0.500. The number of alkyl halides is 1. The number of halogens is 1. The number of nitrogens with zero attached hydrogens (tertiary/aromatic N) is 4. The van der Waals surface area contributed by atoms with Gasteiger partial charge in [-0.1, -0.05) is 12.2 Å². The van der Waals surface area contributed by atoms with E-state index in [1.54, 1.807) is 0 Å². The maximum absolute atomic E-state index is 14.6. The van der Waals surface area contributed by atoms with Crippen molar-refractivity contribution in [2.45, 2.75) is 24.4 Å². The molecule has 23 heteroatoms. The van der Waals surface area contributed by atoms with Crippen LogP contribution in [0.2, 0.25) is 0 Å². The van der Waals surface area contributed by atoms with Crippen molar-refractivity contribution in [2.75, 3.05) is 0 Å². The van der Waals surface area contributed by atoms with Gasteiger partial charge in [-0.15, -0.1) is 0 Å². The van der Waals surface area contributed by atoms with Crippen molar-refractivity contribution in [3.8, 4) is 0 Å². The fourth-order valence-corrected chi connectivity index (χ4v) is 5.51. The molecule has 1 saturated heterocycles. The molecule has 6 N–H and O–H groups in total.